The van der Waals surface area contributed by atoms with E-state index in [1.165, 1.54) is 17.1 Å². The van der Waals surface area contributed by atoms with E-state index in [-0.39, 0.29) is 18.3 Å². The number of aliphatic hydroxyl groups excluding tert-OH is 1. The minimum absolute atomic E-state index is 0.0582. The van der Waals surface area contributed by atoms with Crippen molar-refractivity contribution >= 4 is 5.69 Å². The second kappa shape index (κ2) is 7.10. The van der Waals surface area contributed by atoms with Crippen molar-refractivity contribution in [2.75, 3.05) is 13.6 Å². The first-order valence-corrected chi connectivity index (χ1v) is 6.93. The van der Waals surface area contributed by atoms with Crippen molar-refractivity contribution in [2.24, 2.45) is 0 Å². The number of nitro groups is 1. The zero-order valence-electron chi connectivity index (χ0n) is 12.5. The van der Waals surface area contributed by atoms with E-state index in [4.69, 9.17) is 0 Å². The molecule has 22 heavy (non-hydrogen) atoms. The minimum atomic E-state index is -0.685. The van der Waals surface area contributed by atoms with E-state index in [1.54, 1.807) is 6.20 Å². The van der Waals surface area contributed by atoms with Gasteiger partial charge in [0.25, 0.3) is 0 Å². The molecule has 0 fully saturated rings. The van der Waals surface area contributed by atoms with Crippen LogP contribution in [0.5, 0.6) is 0 Å². The van der Waals surface area contributed by atoms with Crippen LogP contribution in [0.3, 0.4) is 0 Å². The Morgan fingerprint density at radius 2 is 2.27 bits per heavy atom. The summed E-state index contributed by atoms with van der Waals surface area (Å²) in [6, 6.07) is 5.77. The van der Waals surface area contributed by atoms with E-state index in [2.05, 4.69) is 10.1 Å². The molecule has 0 saturated carbocycles. The second-order valence-corrected chi connectivity index (χ2v) is 5.20. The van der Waals surface area contributed by atoms with Crippen LogP contribution in [-0.2, 0) is 6.54 Å². The molecule has 0 aliphatic rings. The van der Waals surface area contributed by atoms with Gasteiger partial charge in [0.1, 0.15) is 12.4 Å². The fourth-order valence-corrected chi connectivity index (χ4v) is 2.16. The third-order valence-electron chi connectivity index (χ3n) is 3.50. The maximum absolute atomic E-state index is 10.6. The molecule has 2 unspecified atom stereocenters. The zero-order chi connectivity index (χ0) is 16.1. The van der Waals surface area contributed by atoms with Gasteiger partial charge in [-0.25, -0.2) is 0 Å². The van der Waals surface area contributed by atoms with Gasteiger partial charge in [-0.2, -0.15) is 5.10 Å². The molecule has 0 aliphatic carbocycles. The van der Waals surface area contributed by atoms with E-state index in [9.17, 15) is 15.2 Å². The smallest absolute Gasteiger partial charge is 0.306 e. The Hall–Kier alpha value is -2.32. The molecule has 2 aromatic heterocycles. The van der Waals surface area contributed by atoms with Crippen LogP contribution in [0.2, 0.25) is 0 Å². The molecule has 0 aromatic carbocycles. The maximum Gasteiger partial charge on any atom is 0.306 e. The maximum atomic E-state index is 10.6. The summed E-state index contributed by atoms with van der Waals surface area (Å²) in [5.41, 5.74) is 0.842. The van der Waals surface area contributed by atoms with Crippen LogP contribution in [0.25, 0.3) is 0 Å². The van der Waals surface area contributed by atoms with Gasteiger partial charge >= 0.3 is 5.69 Å². The van der Waals surface area contributed by atoms with Crippen LogP contribution >= 0.6 is 0 Å². The van der Waals surface area contributed by atoms with Crippen LogP contribution in [0.15, 0.2) is 36.8 Å². The van der Waals surface area contributed by atoms with Gasteiger partial charge in [0.15, 0.2) is 0 Å². The molecule has 1 N–H and O–H groups in total. The van der Waals surface area contributed by atoms with Gasteiger partial charge in [0.05, 0.1) is 23.3 Å². The molecule has 0 amide bonds. The quantitative estimate of drug-likeness (QED) is 0.610. The predicted molar refractivity (Wildman–Crippen MR) is 80.2 cm³/mol. The molecule has 0 aliphatic heterocycles. The molecule has 2 atom stereocenters. The lowest BCUT2D eigenvalue weighted by Crippen LogP contribution is -2.34. The summed E-state index contributed by atoms with van der Waals surface area (Å²) < 4.78 is 1.38. The SMILES string of the molecule is CC(c1ccccn1)N(C)CC(O)Cn1cc([N+](=O)[O-])cn1. The van der Waals surface area contributed by atoms with Crippen molar-refractivity contribution in [3.05, 3.63) is 52.6 Å². The Bertz CT molecular complexity index is 616. The molecule has 0 radical (unpaired) electrons. The highest BCUT2D eigenvalue weighted by atomic mass is 16.6. The zero-order valence-corrected chi connectivity index (χ0v) is 12.5. The molecule has 2 rings (SSSR count). The number of hydrogen-bond donors (Lipinski definition) is 1. The van der Waals surface area contributed by atoms with Crippen LogP contribution in [0.1, 0.15) is 18.7 Å². The van der Waals surface area contributed by atoms with Gasteiger partial charge in [0.2, 0.25) is 0 Å². The van der Waals surface area contributed by atoms with Gasteiger partial charge in [-0.05, 0) is 26.1 Å². The van der Waals surface area contributed by atoms with Gasteiger partial charge < -0.3 is 5.11 Å². The summed E-state index contributed by atoms with van der Waals surface area (Å²) in [6.45, 7) is 2.62. The van der Waals surface area contributed by atoms with Crippen molar-refractivity contribution in [3.8, 4) is 0 Å². The van der Waals surface area contributed by atoms with Crippen molar-refractivity contribution in [2.45, 2.75) is 25.6 Å². The highest BCUT2D eigenvalue weighted by Crippen LogP contribution is 2.16. The molecule has 2 aromatic rings. The lowest BCUT2D eigenvalue weighted by atomic mass is 10.2. The summed E-state index contributed by atoms with van der Waals surface area (Å²) in [5, 5.41) is 24.6. The number of aromatic nitrogens is 3. The summed E-state index contributed by atoms with van der Waals surface area (Å²) in [4.78, 5) is 16.4. The van der Waals surface area contributed by atoms with Crippen LogP contribution in [0, 0.1) is 10.1 Å². The van der Waals surface area contributed by atoms with E-state index < -0.39 is 11.0 Å². The number of rotatable bonds is 7. The minimum Gasteiger partial charge on any atom is -0.390 e. The average Bonchev–Trinajstić information content (AvgIpc) is 2.95. The largest absolute Gasteiger partial charge is 0.390 e. The lowest BCUT2D eigenvalue weighted by molar-refractivity contribution is -0.385. The molecule has 118 valence electrons. The number of likely N-dealkylation sites (N-methyl/N-ethyl adjacent to an activating group) is 1. The second-order valence-electron chi connectivity index (χ2n) is 5.20. The third kappa shape index (κ3) is 4.09. The first-order valence-electron chi connectivity index (χ1n) is 6.93. The number of hydrogen-bond acceptors (Lipinski definition) is 6. The number of nitrogens with zero attached hydrogens (tertiary/aromatic N) is 5. The van der Waals surface area contributed by atoms with E-state index in [1.807, 2.05) is 37.1 Å². The van der Waals surface area contributed by atoms with Gasteiger partial charge in [0, 0.05) is 18.8 Å². The first kappa shape index (κ1) is 16.1. The standard InChI is InChI=1S/C14H19N5O3/c1-11(14-5-3-4-6-15-14)17(2)9-13(20)10-18-8-12(7-16-18)19(21)22/h3-8,11,13,20H,9-10H2,1-2H3. The summed E-state index contributed by atoms with van der Waals surface area (Å²) in [6.07, 6.45) is 3.53. The number of pyridine rings is 1. The third-order valence-corrected chi connectivity index (χ3v) is 3.50. The fraction of sp³-hybridized carbons (Fsp3) is 0.429. The lowest BCUT2D eigenvalue weighted by Gasteiger charge is -2.26. The number of aliphatic hydroxyl groups is 1. The van der Waals surface area contributed by atoms with E-state index in [0.29, 0.717) is 6.54 Å². The topological polar surface area (TPSA) is 97.3 Å². The highest BCUT2D eigenvalue weighted by Gasteiger charge is 2.17. The Balaban J connectivity index is 1.90. The fourth-order valence-electron chi connectivity index (χ4n) is 2.16. The molecular weight excluding hydrogens is 286 g/mol. The summed E-state index contributed by atoms with van der Waals surface area (Å²) in [7, 11) is 1.90. The molecule has 8 heteroatoms. The molecule has 0 saturated heterocycles. The highest BCUT2D eigenvalue weighted by molar-refractivity contribution is 5.20. The normalized spacial score (nSPS) is 14.0. The van der Waals surface area contributed by atoms with Crippen molar-refractivity contribution in [1.29, 1.82) is 0 Å². The van der Waals surface area contributed by atoms with Crippen molar-refractivity contribution < 1.29 is 10.0 Å². The molecular formula is C14H19N5O3. The Morgan fingerprint density at radius 1 is 1.50 bits per heavy atom. The van der Waals surface area contributed by atoms with Crippen LogP contribution < -0.4 is 0 Å². The predicted octanol–water partition coefficient (Wildman–Crippen LogP) is 1.24. The molecule has 0 bridgehead atoms. The van der Waals surface area contributed by atoms with Crippen molar-refractivity contribution in [3.63, 3.8) is 0 Å². The molecule has 0 spiro atoms. The molecule has 2 heterocycles. The van der Waals surface area contributed by atoms with Crippen molar-refractivity contribution in [1.82, 2.24) is 19.7 Å². The van der Waals surface area contributed by atoms with Crippen LogP contribution in [-0.4, -0.2) is 49.4 Å². The Morgan fingerprint density at radius 3 is 2.86 bits per heavy atom. The Kier molecular flexibility index (Phi) is 5.18. The van der Waals surface area contributed by atoms with Gasteiger partial charge in [-0.3, -0.25) is 24.7 Å². The van der Waals surface area contributed by atoms with E-state index in [0.717, 1.165) is 5.69 Å². The van der Waals surface area contributed by atoms with Gasteiger partial charge in [-0.15, -0.1) is 0 Å². The first-order chi connectivity index (χ1) is 10.5. The Labute approximate surface area is 128 Å². The van der Waals surface area contributed by atoms with Crippen LogP contribution in [0.4, 0.5) is 5.69 Å². The summed E-state index contributed by atoms with van der Waals surface area (Å²) in [5.74, 6) is 0. The van der Waals surface area contributed by atoms with E-state index >= 15 is 0 Å². The monoisotopic (exact) mass is 305 g/mol. The average molecular weight is 305 g/mol. The van der Waals surface area contributed by atoms with Gasteiger partial charge in [-0.1, -0.05) is 6.07 Å². The molecule has 8 nitrogen and oxygen atoms in total. The summed E-state index contributed by atoms with van der Waals surface area (Å²) >= 11 is 0.